The topological polar surface area (TPSA) is 53.6 Å². The number of anilines is 1. The first-order chi connectivity index (χ1) is 10.7. The zero-order chi connectivity index (χ0) is 17.2. The number of ether oxygens (including phenoxy) is 1. The van der Waals surface area contributed by atoms with Crippen LogP contribution in [0.3, 0.4) is 0 Å². The first-order valence-electron chi connectivity index (χ1n) is 7.97. The summed E-state index contributed by atoms with van der Waals surface area (Å²) in [5, 5.41) is 4.91. The second kappa shape index (κ2) is 6.62. The van der Waals surface area contributed by atoms with Crippen LogP contribution >= 0.6 is 0 Å². The number of carbonyl (C=O) groups excluding carboxylic acids is 1. The lowest BCUT2D eigenvalue weighted by Crippen LogP contribution is -2.37. The molecular formula is C18H27N3O2. The molecule has 1 aromatic rings. The summed E-state index contributed by atoms with van der Waals surface area (Å²) >= 11 is 0. The molecule has 1 aromatic carbocycles. The molecule has 0 aliphatic carbocycles. The van der Waals surface area contributed by atoms with Gasteiger partial charge in [-0.05, 0) is 64.8 Å². The smallest absolute Gasteiger partial charge is 0.407 e. The molecule has 1 aliphatic heterocycles. The molecule has 1 atom stereocenters. The van der Waals surface area contributed by atoms with Gasteiger partial charge in [0.2, 0.25) is 0 Å². The Labute approximate surface area is 138 Å². The SMILES string of the molecule is CC1=C(CNC(=O)OC(C)(C)C)C(C)NN1c1cccc(C)c1. The molecule has 0 spiro atoms. The van der Waals surface area contributed by atoms with E-state index in [0.29, 0.717) is 6.54 Å². The average molecular weight is 317 g/mol. The number of hydrogen-bond acceptors (Lipinski definition) is 4. The van der Waals surface area contributed by atoms with Crippen LogP contribution in [0.15, 0.2) is 35.5 Å². The van der Waals surface area contributed by atoms with E-state index in [9.17, 15) is 4.79 Å². The molecule has 2 N–H and O–H groups in total. The molecule has 0 radical (unpaired) electrons. The predicted octanol–water partition coefficient (Wildman–Crippen LogP) is 3.51. The third kappa shape index (κ3) is 4.48. The summed E-state index contributed by atoms with van der Waals surface area (Å²) in [7, 11) is 0. The molecule has 0 bridgehead atoms. The monoisotopic (exact) mass is 317 g/mol. The largest absolute Gasteiger partial charge is 0.444 e. The van der Waals surface area contributed by atoms with Crippen LogP contribution in [0.25, 0.3) is 0 Å². The summed E-state index contributed by atoms with van der Waals surface area (Å²) in [5.74, 6) is 0. The lowest BCUT2D eigenvalue weighted by Gasteiger charge is -2.21. The van der Waals surface area contributed by atoms with Crippen molar-refractivity contribution in [3.8, 4) is 0 Å². The van der Waals surface area contributed by atoms with Crippen molar-refractivity contribution < 1.29 is 9.53 Å². The van der Waals surface area contributed by atoms with Crippen molar-refractivity contribution >= 4 is 11.8 Å². The second-order valence-electron chi connectivity index (χ2n) is 6.99. The zero-order valence-corrected chi connectivity index (χ0v) is 14.9. The minimum atomic E-state index is -0.485. The zero-order valence-electron chi connectivity index (χ0n) is 14.9. The van der Waals surface area contributed by atoms with Gasteiger partial charge in [-0.2, -0.15) is 0 Å². The molecule has 0 fully saturated rings. The first kappa shape index (κ1) is 17.3. The van der Waals surface area contributed by atoms with E-state index in [-0.39, 0.29) is 12.1 Å². The van der Waals surface area contributed by atoms with E-state index in [0.717, 1.165) is 17.0 Å². The number of benzene rings is 1. The van der Waals surface area contributed by atoms with Gasteiger partial charge in [-0.1, -0.05) is 12.1 Å². The number of aryl methyl sites for hydroxylation is 1. The average Bonchev–Trinajstić information content (AvgIpc) is 2.70. The van der Waals surface area contributed by atoms with Crippen molar-refractivity contribution in [3.05, 3.63) is 41.1 Å². The van der Waals surface area contributed by atoms with Crippen LogP contribution in [0.1, 0.15) is 40.2 Å². The maximum Gasteiger partial charge on any atom is 0.407 e. The van der Waals surface area contributed by atoms with E-state index < -0.39 is 5.60 Å². The molecule has 0 saturated heterocycles. The van der Waals surface area contributed by atoms with Crippen LogP contribution in [-0.2, 0) is 4.74 Å². The van der Waals surface area contributed by atoms with Crippen LogP contribution in [0, 0.1) is 6.92 Å². The number of carbonyl (C=O) groups is 1. The van der Waals surface area contributed by atoms with Crippen LogP contribution in [0.5, 0.6) is 0 Å². The minimum absolute atomic E-state index is 0.158. The third-order valence-corrected chi connectivity index (χ3v) is 3.73. The summed E-state index contributed by atoms with van der Waals surface area (Å²) in [6.45, 7) is 12.3. The predicted molar refractivity (Wildman–Crippen MR) is 93.2 cm³/mol. The molecule has 23 heavy (non-hydrogen) atoms. The van der Waals surface area contributed by atoms with Crippen molar-refractivity contribution in [2.75, 3.05) is 11.6 Å². The Morgan fingerprint density at radius 1 is 1.35 bits per heavy atom. The summed E-state index contributed by atoms with van der Waals surface area (Å²) in [6.07, 6.45) is -0.390. The van der Waals surface area contributed by atoms with Gasteiger partial charge in [-0.25, -0.2) is 10.2 Å². The van der Waals surface area contributed by atoms with Gasteiger partial charge >= 0.3 is 6.09 Å². The molecular weight excluding hydrogens is 290 g/mol. The van der Waals surface area contributed by atoms with Crippen molar-refractivity contribution in [2.45, 2.75) is 53.2 Å². The molecule has 2 rings (SSSR count). The van der Waals surface area contributed by atoms with Gasteiger partial charge in [-0.3, -0.25) is 5.01 Å². The van der Waals surface area contributed by atoms with Crippen molar-refractivity contribution in [2.24, 2.45) is 0 Å². The molecule has 1 amide bonds. The van der Waals surface area contributed by atoms with E-state index in [4.69, 9.17) is 4.74 Å². The number of alkyl carbamates (subject to hydrolysis) is 1. The Bertz CT molecular complexity index is 617. The van der Waals surface area contributed by atoms with Gasteiger partial charge in [0.25, 0.3) is 0 Å². The van der Waals surface area contributed by atoms with E-state index in [1.54, 1.807) is 0 Å². The molecule has 5 nitrogen and oxygen atoms in total. The van der Waals surface area contributed by atoms with Crippen LogP contribution in [0.2, 0.25) is 0 Å². The standard InChI is InChI=1S/C18H27N3O2/c1-12-8-7-9-15(10-12)21-14(3)16(13(2)20-21)11-19-17(22)23-18(4,5)6/h7-10,13,20H,11H2,1-6H3,(H,19,22). The second-order valence-corrected chi connectivity index (χ2v) is 6.99. The Hall–Kier alpha value is -2.01. The highest BCUT2D eigenvalue weighted by Crippen LogP contribution is 2.26. The van der Waals surface area contributed by atoms with Gasteiger partial charge in [-0.15, -0.1) is 0 Å². The molecule has 0 saturated carbocycles. The van der Waals surface area contributed by atoms with E-state index in [1.165, 1.54) is 5.56 Å². The lowest BCUT2D eigenvalue weighted by molar-refractivity contribution is 0.0532. The summed E-state index contributed by atoms with van der Waals surface area (Å²) in [6, 6.07) is 8.48. The summed E-state index contributed by atoms with van der Waals surface area (Å²) in [4.78, 5) is 11.8. The van der Waals surface area contributed by atoms with Crippen molar-refractivity contribution in [1.82, 2.24) is 10.7 Å². The molecule has 126 valence electrons. The number of amides is 1. The van der Waals surface area contributed by atoms with Crippen LogP contribution < -0.4 is 15.8 Å². The maximum atomic E-state index is 11.8. The number of nitrogens with zero attached hydrogens (tertiary/aromatic N) is 1. The first-order valence-corrected chi connectivity index (χ1v) is 7.97. The van der Waals surface area contributed by atoms with Gasteiger partial charge < -0.3 is 10.1 Å². The lowest BCUT2D eigenvalue weighted by atomic mass is 10.1. The minimum Gasteiger partial charge on any atom is -0.444 e. The Morgan fingerprint density at radius 3 is 2.65 bits per heavy atom. The normalized spacial score (nSPS) is 18.3. The molecule has 1 unspecified atom stereocenters. The fourth-order valence-corrected chi connectivity index (χ4v) is 2.62. The van der Waals surface area contributed by atoms with Crippen molar-refractivity contribution in [3.63, 3.8) is 0 Å². The highest BCUT2D eigenvalue weighted by atomic mass is 16.6. The van der Waals surface area contributed by atoms with Crippen molar-refractivity contribution in [1.29, 1.82) is 0 Å². The highest BCUT2D eigenvalue weighted by molar-refractivity contribution is 5.68. The Kier molecular flexibility index (Phi) is 5.00. The fraction of sp³-hybridized carbons (Fsp3) is 0.500. The van der Waals surface area contributed by atoms with Gasteiger partial charge in [0.15, 0.2) is 0 Å². The highest BCUT2D eigenvalue weighted by Gasteiger charge is 2.27. The Balaban J connectivity index is 2.07. The quantitative estimate of drug-likeness (QED) is 0.896. The summed E-state index contributed by atoms with van der Waals surface area (Å²) in [5.41, 5.74) is 7.52. The van der Waals surface area contributed by atoms with Crippen LogP contribution in [0.4, 0.5) is 10.5 Å². The molecule has 1 aliphatic rings. The van der Waals surface area contributed by atoms with Gasteiger partial charge in [0, 0.05) is 18.3 Å². The molecule has 5 heteroatoms. The number of rotatable bonds is 3. The molecule has 1 heterocycles. The van der Waals surface area contributed by atoms with E-state index in [1.807, 2.05) is 26.8 Å². The number of allylic oxidation sites excluding steroid dienone is 1. The third-order valence-electron chi connectivity index (χ3n) is 3.73. The van der Waals surface area contributed by atoms with E-state index in [2.05, 4.69) is 54.7 Å². The summed E-state index contributed by atoms with van der Waals surface area (Å²) < 4.78 is 5.29. The maximum absolute atomic E-state index is 11.8. The molecule has 0 aromatic heterocycles. The van der Waals surface area contributed by atoms with Gasteiger partial charge in [0.05, 0.1) is 5.69 Å². The van der Waals surface area contributed by atoms with E-state index >= 15 is 0 Å². The van der Waals surface area contributed by atoms with Gasteiger partial charge in [0.1, 0.15) is 5.60 Å². The number of nitrogens with one attached hydrogen (secondary N) is 2. The number of hydrogen-bond donors (Lipinski definition) is 2. The fourth-order valence-electron chi connectivity index (χ4n) is 2.62. The number of hydrazine groups is 1. The Morgan fingerprint density at radius 2 is 2.04 bits per heavy atom. The van der Waals surface area contributed by atoms with Crippen LogP contribution in [-0.4, -0.2) is 24.3 Å².